The molecule has 0 radical (unpaired) electrons. The van der Waals surface area contributed by atoms with Crippen molar-refractivity contribution in [2.24, 2.45) is 0 Å². The fourth-order valence-electron chi connectivity index (χ4n) is 3.64. The van der Waals surface area contributed by atoms with E-state index in [4.69, 9.17) is 0 Å². The molecule has 2 aliphatic heterocycles. The topological polar surface area (TPSA) is 66.4 Å². The van der Waals surface area contributed by atoms with Gasteiger partial charge in [-0.25, -0.2) is 9.97 Å². The van der Waals surface area contributed by atoms with Gasteiger partial charge in [-0.15, -0.1) is 0 Å². The summed E-state index contributed by atoms with van der Waals surface area (Å²) in [6.07, 6.45) is 5.38. The van der Waals surface area contributed by atoms with Gasteiger partial charge in [0, 0.05) is 32.3 Å². The molecule has 1 saturated heterocycles. The maximum Gasteiger partial charge on any atom is 0.261 e. The molecule has 1 aromatic heterocycles. The number of imide groups is 1. The number of rotatable bonds is 4. The molecule has 1 fully saturated rings. The van der Waals surface area contributed by atoms with Crippen LogP contribution in [0.1, 0.15) is 57.8 Å². The summed E-state index contributed by atoms with van der Waals surface area (Å²) in [5, 5.41) is 0. The van der Waals surface area contributed by atoms with Crippen molar-refractivity contribution in [3.05, 3.63) is 53.0 Å². The zero-order chi connectivity index (χ0) is 19.5. The van der Waals surface area contributed by atoms with E-state index in [1.54, 1.807) is 30.5 Å². The Morgan fingerprint density at radius 3 is 2.43 bits per heavy atom. The Balaban J connectivity index is 1.38. The molecule has 0 aliphatic carbocycles. The minimum absolute atomic E-state index is 0.211. The molecule has 0 atom stereocenters. The molecule has 4 rings (SSSR count). The third-order valence-electron chi connectivity index (χ3n) is 5.08. The van der Waals surface area contributed by atoms with Crippen LogP contribution in [0.15, 0.2) is 30.5 Å². The van der Waals surface area contributed by atoms with Crippen molar-refractivity contribution in [2.75, 3.05) is 24.5 Å². The van der Waals surface area contributed by atoms with Crippen LogP contribution in [0.25, 0.3) is 0 Å². The normalized spacial score (nSPS) is 15.6. The fourth-order valence-corrected chi connectivity index (χ4v) is 3.64. The summed E-state index contributed by atoms with van der Waals surface area (Å²) in [5.74, 6) is 7.57. The number of fused-ring (bicyclic) bond motifs is 1. The number of carbonyl (C=O) groups excluding carboxylic acids is 2. The Kier molecular flexibility index (Phi) is 5.07. The average Bonchev–Trinajstić information content (AvgIpc) is 3.32. The molecule has 0 bridgehead atoms. The third kappa shape index (κ3) is 3.48. The third-order valence-corrected chi connectivity index (χ3v) is 5.08. The van der Waals surface area contributed by atoms with Gasteiger partial charge in [0.1, 0.15) is 11.6 Å². The molecule has 0 saturated carbocycles. The maximum absolute atomic E-state index is 12.4. The highest BCUT2D eigenvalue weighted by Crippen LogP contribution is 2.23. The van der Waals surface area contributed by atoms with Gasteiger partial charge in [-0.05, 0) is 38.3 Å². The van der Waals surface area contributed by atoms with Gasteiger partial charge < -0.3 is 4.90 Å². The first-order valence-electron chi connectivity index (χ1n) is 9.68. The minimum Gasteiger partial charge on any atom is -0.355 e. The molecule has 28 heavy (non-hydrogen) atoms. The first kappa shape index (κ1) is 18.2. The van der Waals surface area contributed by atoms with Crippen LogP contribution in [0.5, 0.6) is 0 Å². The molecule has 142 valence electrons. The lowest BCUT2D eigenvalue weighted by Gasteiger charge is -2.17. The zero-order valence-corrected chi connectivity index (χ0v) is 15.9. The molecule has 3 heterocycles. The Morgan fingerprint density at radius 1 is 1.07 bits per heavy atom. The monoisotopic (exact) mass is 374 g/mol. The molecule has 0 N–H and O–H groups in total. The van der Waals surface area contributed by atoms with E-state index in [-0.39, 0.29) is 11.8 Å². The van der Waals surface area contributed by atoms with Gasteiger partial charge >= 0.3 is 0 Å². The highest BCUT2D eigenvalue weighted by molar-refractivity contribution is 6.21. The lowest BCUT2D eigenvalue weighted by molar-refractivity contribution is 0.0653. The fraction of sp³-hybridized carbons (Fsp3) is 0.364. The molecular weight excluding hydrogens is 352 g/mol. The Morgan fingerprint density at radius 2 is 1.75 bits per heavy atom. The number of aryl methyl sites for hydroxylation is 1. The highest BCUT2D eigenvalue weighted by atomic mass is 16.2. The second-order valence-corrected chi connectivity index (χ2v) is 7.06. The van der Waals surface area contributed by atoms with Crippen molar-refractivity contribution in [1.82, 2.24) is 14.9 Å². The second kappa shape index (κ2) is 7.81. The lowest BCUT2D eigenvalue weighted by atomic mass is 10.1. The quantitative estimate of drug-likeness (QED) is 0.468. The first-order chi connectivity index (χ1) is 13.6. The van der Waals surface area contributed by atoms with Crippen LogP contribution in [0.2, 0.25) is 0 Å². The number of amides is 2. The SMILES string of the molecule is Cc1ncc(C#CCCCN2C(=O)c3ccccc3C2=O)c(N2CCCC2)n1. The van der Waals surface area contributed by atoms with Gasteiger partial charge in [0.05, 0.1) is 16.7 Å². The zero-order valence-electron chi connectivity index (χ0n) is 15.9. The summed E-state index contributed by atoms with van der Waals surface area (Å²) in [7, 11) is 0. The van der Waals surface area contributed by atoms with Crippen LogP contribution in [-0.4, -0.2) is 46.3 Å². The van der Waals surface area contributed by atoms with E-state index >= 15 is 0 Å². The average molecular weight is 374 g/mol. The molecular formula is C22H22N4O2. The Labute approximate surface area is 164 Å². The molecule has 6 nitrogen and oxygen atoms in total. The van der Waals surface area contributed by atoms with Gasteiger partial charge in [-0.2, -0.15) is 0 Å². The predicted molar refractivity (Wildman–Crippen MR) is 106 cm³/mol. The van der Waals surface area contributed by atoms with E-state index in [1.165, 1.54) is 17.7 Å². The number of hydrogen-bond donors (Lipinski definition) is 0. The number of benzene rings is 1. The number of unbranched alkanes of at least 4 members (excludes halogenated alkanes) is 1. The van der Waals surface area contributed by atoms with Gasteiger partial charge in [0.25, 0.3) is 11.8 Å². The van der Waals surface area contributed by atoms with Crippen LogP contribution < -0.4 is 4.90 Å². The van der Waals surface area contributed by atoms with Gasteiger partial charge in [-0.3, -0.25) is 14.5 Å². The predicted octanol–water partition coefficient (Wildman–Crippen LogP) is 2.81. The van der Waals surface area contributed by atoms with Crippen LogP contribution in [0, 0.1) is 18.8 Å². The maximum atomic E-state index is 12.4. The number of carbonyl (C=O) groups is 2. The van der Waals surface area contributed by atoms with Crippen molar-refractivity contribution in [1.29, 1.82) is 0 Å². The van der Waals surface area contributed by atoms with Crippen LogP contribution in [0.4, 0.5) is 5.82 Å². The summed E-state index contributed by atoms with van der Waals surface area (Å²) in [6, 6.07) is 6.96. The van der Waals surface area contributed by atoms with Crippen LogP contribution >= 0.6 is 0 Å². The smallest absolute Gasteiger partial charge is 0.261 e. The summed E-state index contributed by atoms with van der Waals surface area (Å²) in [5.41, 5.74) is 1.82. The van der Waals surface area contributed by atoms with Gasteiger partial charge in [0.15, 0.2) is 0 Å². The molecule has 0 unspecified atom stereocenters. The van der Waals surface area contributed by atoms with Crippen molar-refractivity contribution in [3.8, 4) is 11.8 Å². The van der Waals surface area contributed by atoms with Gasteiger partial charge in [0.2, 0.25) is 0 Å². The number of anilines is 1. The molecule has 6 heteroatoms. The van der Waals surface area contributed by atoms with Crippen molar-refractivity contribution >= 4 is 17.6 Å². The van der Waals surface area contributed by atoms with E-state index in [0.29, 0.717) is 30.5 Å². The summed E-state index contributed by atoms with van der Waals surface area (Å²) < 4.78 is 0. The minimum atomic E-state index is -0.211. The summed E-state index contributed by atoms with van der Waals surface area (Å²) in [6.45, 7) is 4.28. The van der Waals surface area contributed by atoms with Crippen LogP contribution in [-0.2, 0) is 0 Å². The Bertz CT molecular complexity index is 949. The summed E-state index contributed by atoms with van der Waals surface area (Å²) in [4.78, 5) is 37.2. The van der Waals surface area contributed by atoms with E-state index in [2.05, 4.69) is 26.7 Å². The highest BCUT2D eigenvalue weighted by Gasteiger charge is 2.34. The van der Waals surface area contributed by atoms with Crippen molar-refractivity contribution in [3.63, 3.8) is 0 Å². The summed E-state index contributed by atoms with van der Waals surface area (Å²) >= 11 is 0. The molecule has 1 aromatic carbocycles. The Hall–Kier alpha value is -3.20. The molecule has 2 aromatic rings. The van der Waals surface area contributed by atoms with Gasteiger partial charge in [-0.1, -0.05) is 24.0 Å². The molecule has 2 aliphatic rings. The van der Waals surface area contributed by atoms with Crippen molar-refractivity contribution in [2.45, 2.75) is 32.6 Å². The van der Waals surface area contributed by atoms with E-state index in [1.807, 2.05) is 6.92 Å². The molecule has 2 amide bonds. The standard InChI is InChI=1S/C22H22N4O2/c1-16-23-15-17(20(24-16)25-12-7-8-13-25)9-3-2-6-14-26-21(27)18-10-4-5-11-19(18)22(26)28/h4-5,10-11,15H,2,6-8,12-14H2,1H3. The first-order valence-corrected chi connectivity index (χ1v) is 9.68. The van der Waals surface area contributed by atoms with E-state index < -0.39 is 0 Å². The molecule has 0 spiro atoms. The van der Waals surface area contributed by atoms with Crippen molar-refractivity contribution < 1.29 is 9.59 Å². The number of hydrogen-bond acceptors (Lipinski definition) is 5. The van der Waals surface area contributed by atoms with E-state index in [9.17, 15) is 9.59 Å². The van der Waals surface area contributed by atoms with E-state index in [0.717, 1.165) is 30.3 Å². The number of nitrogens with zero attached hydrogens (tertiary/aromatic N) is 4. The second-order valence-electron chi connectivity index (χ2n) is 7.06. The number of aromatic nitrogens is 2. The largest absolute Gasteiger partial charge is 0.355 e. The van der Waals surface area contributed by atoms with Crippen LogP contribution in [0.3, 0.4) is 0 Å². The lowest BCUT2D eigenvalue weighted by Crippen LogP contribution is -2.30.